The van der Waals surface area contributed by atoms with Crippen LogP contribution in [0.15, 0.2) is 30.3 Å². The third-order valence-corrected chi connectivity index (χ3v) is 6.26. The fraction of sp³-hybridized carbons (Fsp3) is 0.667. The highest BCUT2D eigenvalue weighted by atomic mass is 16.6. The van der Waals surface area contributed by atoms with Crippen LogP contribution in [-0.4, -0.2) is 35.7 Å². The van der Waals surface area contributed by atoms with Crippen molar-refractivity contribution in [2.24, 2.45) is 17.8 Å². The largest absolute Gasteiger partial charge is 0.462 e. The van der Waals surface area contributed by atoms with Gasteiger partial charge in [-0.05, 0) is 63.9 Å². The summed E-state index contributed by atoms with van der Waals surface area (Å²) in [6, 6.07) is 7.93. The summed E-state index contributed by atoms with van der Waals surface area (Å²) in [4.78, 5) is 37.9. The lowest BCUT2D eigenvalue weighted by Gasteiger charge is -2.37. The molecule has 2 amide bonds. The van der Waals surface area contributed by atoms with Crippen molar-refractivity contribution in [3.8, 4) is 0 Å². The van der Waals surface area contributed by atoms with Crippen LogP contribution in [0.25, 0.3) is 0 Å². The summed E-state index contributed by atoms with van der Waals surface area (Å²) in [5.74, 6) is 0.584. The first kappa shape index (κ1) is 27.7. The quantitative estimate of drug-likeness (QED) is 0.508. The van der Waals surface area contributed by atoms with Crippen molar-refractivity contribution in [1.29, 1.82) is 0 Å². The summed E-state index contributed by atoms with van der Waals surface area (Å²) >= 11 is 0. The number of hydrogen-bond donors (Lipinski definition) is 2. The summed E-state index contributed by atoms with van der Waals surface area (Å²) in [5.41, 5.74) is 0.135. The number of carbonyl (C=O) groups is 3. The van der Waals surface area contributed by atoms with E-state index in [0.717, 1.165) is 24.8 Å². The molecule has 0 saturated heterocycles. The third kappa shape index (κ3) is 8.99. The van der Waals surface area contributed by atoms with Gasteiger partial charge in [-0.15, -0.1) is 0 Å². The Balaban J connectivity index is 2.06. The van der Waals surface area contributed by atoms with E-state index in [2.05, 4.69) is 31.4 Å². The molecular formula is C27H42N2O5. The number of rotatable bonds is 8. The average molecular weight is 475 g/mol. The van der Waals surface area contributed by atoms with Crippen LogP contribution in [0.2, 0.25) is 0 Å². The van der Waals surface area contributed by atoms with Crippen LogP contribution in [0.1, 0.15) is 85.8 Å². The van der Waals surface area contributed by atoms with Gasteiger partial charge in [0.1, 0.15) is 17.7 Å². The van der Waals surface area contributed by atoms with Gasteiger partial charge < -0.3 is 20.1 Å². The van der Waals surface area contributed by atoms with Crippen LogP contribution < -0.4 is 10.6 Å². The lowest BCUT2D eigenvalue weighted by atomic mass is 9.75. The van der Waals surface area contributed by atoms with Crippen LogP contribution in [0.5, 0.6) is 0 Å². The molecular weight excluding hydrogens is 432 g/mol. The Morgan fingerprint density at radius 2 is 1.68 bits per heavy atom. The molecule has 5 atom stereocenters. The van der Waals surface area contributed by atoms with E-state index >= 15 is 0 Å². The van der Waals surface area contributed by atoms with E-state index in [4.69, 9.17) is 9.47 Å². The molecule has 0 bridgehead atoms. The van der Waals surface area contributed by atoms with E-state index in [9.17, 15) is 14.4 Å². The maximum atomic E-state index is 13.0. The van der Waals surface area contributed by atoms with Crippen LogP contribution in [0.4, 0.5) is 4.79 Å². The van der Waals surface area contributed by atoms with Gasteiger partial charge in [-0.3, -0.25) is 9.59 Å². The van der Waals surface area contributed by atoms with E-state index in [1.54, 1.807) is 27.7 Å². The Bertz CT molecular complexity index is 818. The molecule has 2 N–H and O–H groups in total. The Hall–Kier alpha value is -2.57. The van der Waals surface area contributed by atoms with Gasteiger partial charge in [0.05, 0.1) is 12.5 Å². The van der Waals surface area contributed by atoms with Crippen molar-refractivity contribution in [2.45, 2.75) is 97.9 Å². The van der Waals surface area contributed by atoms with Gasteiger partial charge in [-0.2, -0.15) is 0 Å². The zero-order valence-corrected chi connectivity index (χ0v) is 21.7. The molecule has 1 saturated carbocycles. The number of amides is 2. The number of alkyl carbamates (subject to hydrolysis) is 1. The van der Waals surface area contributed by atoms with Gasteiger partial charge in [0, 0.05) is 0 Å². The molecule has 0 aliphatic heterocycles. The van der Waals surface area contributed by atoms with E-state index < -0.39 is 29.7 Å². The lowest BCUT2D eigenvalue weighted by molar-refractivity contribution is -0.156. The molecule has 0 aromatic heterocycles. The van der Waals surface area contributed by atoms with Crippen molar-refractivity contribution in [3.05, 3.63) is 35.9 Å². The molecule has 7 heteroatoms. The van der Waals surface area contributed by atoms with E-state index in [1.165, 1.54) is 0 Å². The maximum Gasteiger partial charge on any atom is 0.408 e. The molecule has 2 rings (SSSR count). The van der Waals surface area contributed by atoms with Gasteiger partial charge in [0.25, 0.3) is 0 Å². The maximum absolute atomic E-state index is 13.0. The number of carbonyl (C=O) groups excluding carboxylic acids is 3. The number of ether oxygens (including phenoxy) is 2. The van der Waals surface area contributed by atoms with Gasteiger partial charge >= 0.3 is 12.1 Å². The van der Waals surface area contributed by atoms with E-state index in [0.29, 0.717) is 17.8 Å². The normalized spacial score (nSPS) is 22.4. The smallest absolute Gasteiger partial charge is 0.408 e. The molecule has 34 heavy (non-hydrogen) atoms. The number of esters is 1. The summed E-state index contributed by atoms with van der Waals surface area (Å²) < 4.78 is 11.2. The Morgan fingerprint density at radius 3 is 2.26 bits per heavy atom. The van der Waals surface area contributed by atoms with Crippen LogP contribution in [0.3, 0.4) is 0 Å². The third-order valence-electron chi connectivity index (χ3n) is 6.26. The summed E-state index contributed by atoms with van der Waals surface area (Å²) in [6.07, 6.45) is 2.33. The summed E-state index contributed by atoms with van der Waals surface area (Å²) in [5, 5.41) is 5.45. The lowest BCUT2D eigenvalue weighted by Crippen LogP contribution is -2.47. The monoisotopic (exact) mass is 474 g/mol. The van der Waals surface area contributed by atoms with Crippen LogP contribution in [0, 0.1) is 17.8 Å². The highest BCUT2D eigenvalue weighted by Crippen LogP contribution is 2.35. The van der Waals surface area contributed by atoms with E-state index in [-0.39, 0.29) is 18.5 Å². The summed E-state index contributed by atoms with van der Waals surface area (Å²) in [7, 11) is 0. The molecule has 0 heterocycles. The van der Waals surface area contributed by atoms with E-state index in [1.807, 2.05) is 30.3 Å². The molecule has 0 spiro atoms. The van der Waals surface area contributed by atoms with Crippen molar-refractivity contribution in [1.82, 2.24) is 10.6 Å². The molecule has 1 aliphatic rings. The summed E-state index contributed by atoms with van der Waals surface area (Å²) in [6.45, 7) is 13.4. The number of nitrogens with one attached hydrogen (secondary N) is 2. The van der Waals surface area contributed by atoms with Crippen molar-refractivity contribution in [3.63, 3.8) is 0 Å². The minimum atomic E-state index is -0.832. The Labute approximate surface area is 204 Å². The van der Waals surface area contributed by atoms with Crippen molar-refractivity contribution < 1.29 is 23.9 Å². The predicted octanol–water partition coefficient (Wildman–Crippen LogP) is 5.15. The van der Waals surface area contributed by atoms with Gasteiger partial charge in [0.15, 0.2) is 0 Å². The van der Waals surface area contributed by atoms with Crippen molar-refractivity contribution in [2.75, 3.05) is 0 Å². The zero-order chi connectivity index (χ0) is 25.5. The van der Waals surface area contributed by atoms with Gasteiger partial charge in [-0.25, -0.2) is 4.79 Å². The molecule has 1 aromatic carbocycles. The van der Waals surface area contributed by atoms with Gasteiger partial charge in [-0.1, -0.05) is 57.5 Å². The molecule has 1 fully saturated rings. The molecule has 7 nitrogen and oxygen atoms in total. The second-order valence-electron chi connectivity index (χ2n) is 10.9. The molecule has 190 valence electrons. The topological polar surface area (TPSA) is 93.7 Å². The first-order valence-corrected chi connectivity index (χ1v) is 12.4. The second kappa shape index (κ2) is 12.2. The minimum Gasteiger partial charge on any atom is -0.462 e. The molecule has 1 aromatic rings. The first-order valence-electron chi connectivity index (χ1n) is 12.4. The second-order valence-corrected chi connectivity index (χ2v) is 10.9. The SMILES string of the molecule is CC(C)[C@@H]1CC[C@@H](C)C[C@H]1OC(=O)C[C@@H](NC(=O)[C@H](C)NC(=O)OC(C)(C)C)c1ccccc1. The van der Waals surface area contributed by atoms with Crippen LogP contribution in [-0.2, 0) is 19.1 Å². The first-order chi connectivity index (χ1) is 15.9. The Morgan fingerprint density at radius 1 is 1.03 bits per heavy atom. The fourth-order valence-electron chi connectivity index (χ4n) is 4.42. The molecule has 0 radical (unpaired) electrons. The highest BCUT2D eigenvalue weighted by molar-refractivity contribution is 5.86. The number of hydrogen-bond acceptors (Lipinski definition) is 5. The average Bonchev–Trinajstić information content (AvgIpc) is 2.72. The zero-order valence-electron chi connectivity index (χ0n) is 21.7. The van der Waals surface area contributed by atoms with Crippen molar-refractivity contribution >= 4 is 18.0 Å². The molecule has 0 unspecified atom stereocenters. The van der Waals surface area contributed by atoms with Crippen LogP contribution >= 0.6 is 0 Å². The fourth-order valence-corrected chi connectivity index (χ4v) is 4.42. The number of benzene rings is 1. The van der Waals surface area contributed by atoms with Gasteiger partial charge in [0.2, 0.25) is 5.91 Å². The standard InChI is InChI=1S/C27H42N2O5/c1-17(2)21-14-13-18(3)15-23(21)33-24(30)16-22(20-11-9-8-10-12-20)29-25(31)19(4)28-26(32)34-27(5,6)7/h8-12,17-19,21-23H,13-16H2,1-7H3,(H,28,32)(H,29,31)/t18-,19+,21+,22-,23-/m1/s1. The molecule has 1 aliphatic carbocycles. The minimum absolute atomic E-state index is 0.0185. The predicted molar refractivity (Wildman–Crippen MR) is 132 cm³/mol. The highest BCUT2D eigenvalue weighted by Gasteiger charge is 2.34. The Kier molecular flexibility index (Phi) is 9.95.